The lowest BCUT2D eigenvalue weighted by molar-refractivity contribution is 0.360. The summed E-state index contributed by atoms with van der Waals surface area (Å²) in [6, 6.07) is 1.31. The summed E-state index contributed by atoms with van der Waals surface area (Å²) >= 11 is 0. The average molecular weight is 234 g/mol. The van der Waals surface area contributed by atoms with Crippen LogP contribution in [0.25, 0.3) is 0 Å². The number of rotatable bonds is 3. The molecule has 2 fully saturated rings. The monoisotopic (exact) mass is 234 g/mol. The second kappa shape index (κ2) is 4.33. The van der Waals surface area contributed by atoms with Crippen LogP contribution >= 0.6 is 0 Å². The largest absolute Gasteiger partial charge is 0.363 e. The molecule has 3 rings (SSSR count). The summed E-state index contributed by atoms with van der Waals surface area (Å²) in [5, 5.41) is 8.02. The highest BCUT2D eigenvalue weighted by atomic mass is 15.3. The molecule has 1 saturated heterocycles. The van der Waals surface area contributed by atoms with Crippen molar-refractivity contribution in [2.75, 3.05) is 18.0 Å². The minimum absolute atomic E-state index is 0.620. The fraction of sp³-hybridized carbons (Fsp3) is 0.769. The zero-order valence-electron chi connectivity index (χ0n) is 10.8. The van der Waals surface area contributed by atoms with Crippen LogP contribution in [0, 0.1) is 5.92 Å². The molecule has 2 unspecified atom stereocenters. The number of aryl methyl sites for hydroxylation is 1. The maximum absolute atomic E-state index is 4.30. The Balaban J connectivity index is 1.77. The molecule has 2 aliphatic rings. The highest BCUT2D eigenvalue weighted by Crippen LogP contribution is 2.35. The molecular weight excluding hydrogens is 212 g/mol. The Kier molecular flexibility index (Phi) is 2.82. The molecule has 1 saturated carbocycles. The van der Waals surface area contributed by atoms with E-state index in [-0.39, 0.29) is 0 Å². The number of aromatic nitrogens is 2. The predicted molar refractivity (Wildman–Crippen MR) is 69.1 cm³/mol. The van der Waals surface area contributed by atoms with Gasteiger partial charge in [0.25, 0.3) is 0 Å². The number of hydrogen-bond acceptors (Lipinski definition) is 3. The first-order valence-electron chi connectivity index (χ1n) is 6.76. The Bertz CT molecular complexity index is 383. The summed E-state index contributed by atoms with van der Waals surface area (Å²) in [4.78, 5) is 2.55. The Hall–Kier alpha value is -1.03. The standard InChI is InChI=1S/C13H22N4/c1-3-11-6-14-13(10-4-5-10)9-17(11)12-7-15-16(2)8-12/h7-8,10-11,13-14H,3-6,9H2,1-2H3. The minimum Gasteiger partial charge on any atom is -0.363 e. The van der Waals surface area contributed by atoms with Crippen molar-refractivity contribution in [3.63, 3.8) is 0 Å². The van der Waals surface area contributed by atoms with Gasteiger partial charge in [-0.05, 0) is 25.2 Å². The summed E-state index contributed by atoms with van der Waals surface area (Å²) in [7, 11) is 1.99. The van der Waals surface area contributed by atoms with Crippen LogP contribution in [0.3, 0.4) is 0 Å². The molecule has 17 heavy (non-hydrogen) atoms. The normalized spacial score (nSPS) is 29.6. The maximum Gasteiger partial charge on any atom is 0.0755 e. The summed E-state index contributed by atoms with van der Waals surface area (Å²) < 4.78 is 1.90. The number of nitrogens with zero attached hydrogens (tertiary/aromatic N) is 3. The first-order chi connectivity index (χ1) is 8.28. The molecule has 2 atom stereocenters. The van der Waals surface area contributed by atoms with Crippen molar-refractivity contribution < 1.29 is 0 Å². The highest BCUT2D eigenvalue weighted by molar-refractivity contribution is 5.45. The van der Waals surface area contributed by atoms with E-state index in [1.165, 1.54) is 24.9 Å². The lowest BCUT2D eigenvalue weighted by Crippen LogP contribution is -2.57. The molecule has 0 amide bonds. The molecule has 4 heteroatoms. The van der Waals surface area contributed by atoms with Crippen LogP contribution in [0.2, 0.25) is 0 Å². The molecule has 1 aromatic heterocycles. The van der Waals surface area contributed by atoms with Gasteiger partial charge < -0.3 is 10.2 Å². The molecule has 0 aromatic carbocycles. The van der Waals surface area contributed by atoms with Crippen molar-refractivity contribution >= 4 is 5.69 Å². The van der Waals surface area contributed by atoms with Crippen molar-refractivity contribution in [1.29, 1.82) is 0 Å². The van der Waals surface area contributed by atoms with E-state index in [0.29, 0.717) is 12.1 Å². The van der Waals surface area contributed by atoms with E-state index in [1.54, 1.807) is 0 Å². The van der Waals surface area contributed by atoms with Gasteiger partial charge in [-0.3, -0.25) is 4.68 Å². The molecule has 94 valence electrons. The van der Waals surface area contributed by atoms with Gasteiger partial charge in [-0.1, -0.05) is 6.92 Å². The van der Waals surface area contributed by atoms with E-state index in [9.17, 15) is 0 Å². The van der Waals surface area contributed by atoms with Crippen LogP contribution in [0.4, 0.5) is 5.69 Å². The van der Waals surface area contributed by atoms with Gasteiger partial charge in [0.1, 0.15) is 0 Å². The molecule has 2 heterocycles. The zero-order valence-corrected chi connectivity index (χ0v) is 10.8. The topological polar surface area (TPSA) is 33.1 Å². The van der Waals surface area contributed by atoms with Crippen molar-refractivity contribution in [3.8, 4) is 0 Å². The van der Waals surface area contributed by atoms with Gasteiger partial charge in [0.05, 0.1) is 11.9 Å². The third kappa shape index (κ3) is 2.18. The van der Waals surface area contributed by atoms with E-state index in [1.807, 2.05) is 17.9 Å². The molecule has 1 aliphatic carbocycles. The molecule has 4 nitrogen and oxygen atoms in total. The van der Waals surface area contributed by atoms with Crippen LogP contribution in [-0.4, -0.2) is 35.0 Å². The van der Waals surface area contributed by atoms with Crippen molar-refractivity contribution in [3.05, 3.63) is 12.4 Å². The molecule has 0 bridgehead atoms. The molecule has 1 N–H and O–H groups in total. The molecule has 0 radical (unpaired) electrons. The summed E-state index contributed by atoms with van der Waals surface area (Å²) in [6.07, 6.45) is 8.15. The fourth-order valence-corrected chi connectivity index (χ4v) is 2.88. The van der Waals surface area contributed by atoms with Gasteiger partial charge in [-0.25, -0.2) is 0 Å². The third-order valence-electron chi connectivity index (χ3n) is 4.14. The van der Waals surface area contributed by atoms with Crippen LogP contribution in [0.1, 0.15) is 26.2 Å². The smallest absolute Gasteiger partial charge is 0.0755 e. The molecule has 1 aliphatic heterocycles. The Labute approximate surface area is 103 Å². The van der Waals surface area contributed by atoms with Crippen molar-refractivity contribution in [2.24, 2.45) is 13.0 Å². The van der Waals surface area contributed by atoms with Crippen LogP contribution in [0.15, 0.2) is 12.4 Å². The highest BCUT2D eigenvalue weighted by Gasteiger charge is 2.36. The van der Waals surface area contributed by atoms with Gasteiger partial charge in [0.15, 0.2) is 0 Å². The quantitative estimate of drug-likeness (QED) is 0.858. The molecular formula is C13H22N4. The first-order valence-corrected chi connectivity index (χ1v) is 6.76. The van der Waals surface area contributed by atoms with Gasteiger partial charge >= 0.3 is 0 Å². The van der Waals surface area contributed by atoms with E-state index >= 15 is 0 Å². The number of hydrogen-bond donors (Lipinski definition) is 1. The number of nitrogens with one attached hydrogen (secondary N) is 1. The molecule has 0 spiro atoms. The summed E-state index contributed by atoms with van der Waals surface area (Å²) in [5.41, 5.74) is 1.28. The second-order valence-corrected chi connectivity index (χ2v) is 5.44. The van der Waals surface area contributed by atoms with Gasteiger partial charge in [-0.2, -0.15) is 5.10 Å². The van der Waals surface area contributed by atoms with Crippen LogP contribution < -0.4 is 10.2 Å². The lowest BCUT2D eigenvalue weighted by Gasteiger charge is -2.41. The van der Waals surface area contributed by atoms with E-state index in [0.717, 1.165) is 19.0 Å². The Morgan fingerprint density at radius 1 is 1.47 bits per heavy atom. The third-order valence-corrected chi connectivity index (χ3v) is 4.14. The summed E-state index contributed by atoms with van der Waals surface area (Å²) in [6.45, 7) is 4.54. The number of anilines is 1. The lowest BCUT2D eigenvalue weighted by atomic mass is 10.0. The van der Waals surface area contributed by atoms with Gasteiger partial charge in [-0.15, -0.1) is 0 Å². The van der Waals surface area contributed by atoms with Crippen molar-refractivity contribution in [1.82, 2.24) is 15.1 Å². The van der Waals surface area contributed by atoms with Gasteiger partial charge in [0.2, 0.25) is 0 Å². The van der Waals surface area contributed by atoms with E-state index < -0.39 is 0 Å². The van der Waals surface area contributed by atoms with Crippen LogP contribution in [-0.2, 0) is 7.05 Å². The maximum atomic E-state index is 4.30. The van der Waals surface area contributed by atoms with E-state index in [4.69, 9.17) is 0 Å². The minimum atomic E-state index is 0.620. The predicted octanol–water partition coefficient (Wildman–Crippen LogP) is 1.39. The number of piperazine rings is 1. The first kappa shape index (κ1) is 11.1. The Morgan fingerprint density at radius 2 is 2.29 bits per heavy atom. The average Bonchev–Trinajstić information content (AvgIpc) is 3.11. The van der Waals surface area contributed by atoms with Gasteiger partial charge in [0, 0.05) is 38.4 Å². The fourth-order valence-electron chi connectivity index (χ4n) is 2.88. The van der Waals surface area contributed by atoms with Crippen LogP contribution in [0.5, 0.6) is 0 Å². The van der Waals surface area contributed by atoms with Crippen molar-refractivity contribution in [2.45, 2.75) is 38.3 Å². The second-order valence-electron chi connectivity index (χ2n) is 5.44. The SMILES string of the molecule is CCC1CNC(C2CC2)CN1c1cnn(C)c1. The zero-order chi connectivity index (χ0) is 11.8. The Morgan fingerprint density at radius 3 is 2.88 bits per heavy atom. The summed E-state index contributed by atoms with van der Waals surface area (Å²) in [5.74, 6) is 0.923. The molecule has 1 aromatic rings. The van der Waals surface area contributed by atoms with E-state index in [2.05, 4.69) is 28.4 Å².